The number of fused-ring (bicyclic) bond motifs is 4. The Hall–Kier alpha value is -5.46. The molecule has 7 heteroatoms. The molecule has 0 amide bonds. The van der Waals surface area contributed by atoms with E-state index < -0.39 is 14.4 Å². The van der Waals surface area contributed by atoms with Gasteiger partial charge in [0.1, 0.15) is 0 Å². The number of imidazole rings is 1. The number of hydrogen-bond donors (Lipinski definition) is 0. The first-order valence-corrected chi connectivity index (χ1v) is 26.6. The molecule has 0 aliphatic carbocycles. The van der Waals surface area contributed by atoms with Crippen LogP contribution in [0.5, 0.6) is 0 Å². The van der Waals surface area contributed by atoms with E-state index in [0.29, 0.717) is 17.5 Å². The average Bonchev–Trinajstić information content (AvgIpc) is 3.86. The van der Waals surface area contributed by atoms with Crippen LogP contribution < -0.4 is 5.19 Å². The molecule has 0 saturated carbocycles. The molecule has 0 aliphatic heterocycles. The Balaban J connectivity index is 0.000000220. The predicted octanol–water partition coefficient (Wildman–Crippen LogP) is 15.6. The number of para-hydroxylation sites is 2. The number of aryl methyl sites for hydroxylation is 1. The molecule has 0 aliphatic rings. The van der Waals surface area contributed by atoms with E-state index in [0.717, 1.165) is 66.5 Å². The van der Waals surface area contributed by atoms with E-state index in [1.807, 2.05) is 57.3 Å². The second kappa shape index (κ2) is 19.4. The Labute approximate surface area is 410 Å². The van der Waals surface area contributed by atoms with Gasteiger partial charge in [0.05, 0.1) is 30.5 Å². The zero-order valence-electron chi connectivity index (χ0n) is 42.8. The topological polar surface area (TPSA) is 56.7 Å². The molecule has 4 heterocycles. The molecule has 0 unspecified atom stereocenters. The molecular formula is C59H64IrN4OSi-2. The summed E-state index contributed by atoms with van der Waals surface area (Å²) in [5.41, 5.74) is 15.2. The molecule has 5 aromatic carbocycles. The third kappa shape index (κ3) is 9.95. The smallest absolute Gasteiger partial charge is 0.216 e. The maximum absolute atomic E-state index is 8.69. The summed E-state index contributed by atoms with van der Waals surface area (Å²) in [6, 6.07) is 46.8. The molecular weight excluding hydrogens is 1000 g/mol. The summed E-state index contributed by atoms with van der Waals surface area (Å²) in [5, 5.41) is 3.13. The van der Waals surface area contributed by atoms with E-state index >= 15 is 0 Å². The normalized spacial score (nSPS) is 12.7. The third-order valence-electron chi connectivity index (χ3n) is 12.1. The van der Waals surface area contributed by atoms with Gasteiger partial charge in [-0.05, 0) is 106 Å². The van der Waals surface area contributed by atoms with E-state index in [-0.39, 0.29) is 31.4 Å². The maximum atomic E-state index is 8.69. The van der Waals surface area contributed by atoms with E-state index in [9.17, 15) is 0 Å². The molecule has 0 bridgehead atoms. The Morgan fingerprint density at radius 1 is 0.742 bits per heavy atom. The van der Waals surface area contributed by atoms with Crippen molar-refractivity contribution in [2.24, 2.45) is 5.92 Å². The van der Waals surface area contributed by atoms with Gasteiger partial charge in [0.15, 0.2) is 0 Å². The SMILES string of the molecule is Cc1ccc2c(n1)oc1c(-c3nc4ccccc4n3-c3c(C(C)C)cc(-c4ccccc4)cc3C(C)C)[c-]ccc12.[2H]C([2H])(c1cc(-c2[c-]ccc(C(C)(C)C)c2)ncc1[Si](C)(C)C)C(C)C.[Ir]. The molecule has 9 rings (SSSR count). The number of hydrogen-bond acceptors (Lipinski definition) is 4. The second-order valence-corrected chi connectivity index (χ2v) is 25.4. The minimum Gasteiger partial charge on any atom is -0.486 e. The van der Waals surface area contributed by atoms with Gasteiger partial charge in [-0.15, -0.1) is 53.6 Å². The van der Waals surface area contributed by atoms with Crippen LogP contribution in [0.25, 0.3) is 72.6 Å². The molecule has 341 valence electrons. The van der Waals surface area contributed by atoms with Gasteiger partial charge in [-0.25, -0.2) is 4.98 Å². The van der Waals surface area contributed by atoms with Crippen LogP contribution in [0, 0.1) is 25.0 Å². The molecule has 66 heavy (non-hydrogen) atoms. The fourth-order valence-electron chi connectivity index (χ4n) is 8.63. The van der Waals surface area contributed by atoms with E-state index in [2.05, 4.69) is 175 Å². The zero-order chi connectivity index (χ0) is 48.2. The van der Waals surface area contributed by atoms with Crippen LogP contribution in [-0.4, -0.2) is 27.6 Å². The number of pyridine rings is 2. The fraction of sp³-hybridized carbons (Fsp3) is 0.305. The molecule has 0 spiro atoms. The Morgan fingerprint density at radius 2 is 1.41 bits per heavy atom. The minimum atomic E-state index is -1.71. The zero-order valence-corrected chi connectivity index (χ0v) is 44.2. The van der Waals surface area contributed by atoms with Gasteiger partial charge in [0.25, 0.3) is 0 Å². The Morgan fingerprint density at radius 3 is 2.06 bits per heavy atom. The van der Waals surface area contributed by atoms with Crippen molar-refractivity contribution in [3.63, 3.8) is 0 Å². The number of rotatable bonds is 9. The van der Waals surface area contributed by atoms with Crippen molar-refractivity contribution in [1.82, 2.24) is 19.5 Å². The van der Waals surface area contributed by atoms with Crippen LogP contribution in [0.1, 0.15) is 105 Å². The molecule has 9 aromatic rings. The summed E-state index contributed by atoms with van der Waals surface area (Å²) in [6.07, 6.45) is 0.531. The van der Waals surface area contributed by atoms with E-state index in [4.69, 9.17) is 17.1 Å². The summed E-state index contributed by atoms with van der Waals surface area (Å²) in [7, 11) is -1.71. The van der Waals surface area contributed by atoms with E-state index in [1.165, 1.54) is 33.5 Å². The maximum Gasteiger partial charge on any atom is 0.216 e. The van der Waals surface area contributed by atoms with Crippen molar-refractivity contribution in [2.45, 2.75) is 113 Å². The van der Waals surface area contributed by atoms with Crippen LogP contribution in [0.3, 0.4) is 0 Å². The van der Waals surface area contributed by atoms with Gasteiger partial charge in [0.2, 0.25) is 5.71 Å². The summed E-state index contributed by atoms with van der Waals surface area (Å²) in [5.74, 6) is 1.30. The van der Waals surface area contributed by atoms with Crippen molar-refractivity contribution in [3.8, 4) is 39.5 Å². The molecule has 5 nitrogen and oxygen atoms in total. The van der Waals surface area contributed by atoms with Gasteiger partial charge < -0.3 is 14.0 Å². The second-order valence-electron chi connectivity index (χ2n) is 20.3. The molecule has 0 fully saturated rings. The summed E-state index contributed by atoms with van der Waals surface area (Å²) < 4.78 is 26.2. The van der Waals surface area contributed by atoms with Gasteiger partial charge >= 0.3 is 0 Å². The van der Waals surface area contributed by atoms with Crippen LogP contribution in [0.4, 0.5) is 0 Å². The number of aromatic nitrogens is 4. The molecule has 0 atom stereocenters. The fourth-order valence-corrected chi connectivity index (χ4v) is 10.0. The summed E-state index contributed by atoms with van der Waals surface area (Å²) in [4.78, 5) is 14.6. The van der Waals surface area contributed by atoms with Crippen LogP contribution in [-0.2, 0) is 31.9 Å². The van der Waals surface area contributed by atoms with E-state index in [1.54, 1.807) is 0 Å². The van der Waals surface area contributed by atoms with Gasteiger partial charge in [-0.1, -0.05) is 147 Å². The van der Waals surface area contributed by atoms with Gasteiger partial charge in [-0.2, -0.15) is 0 Å². The van der Waals surface area contributed by atoms with Crippen molar-refractivity contribution in [3.05, 3.63) is 162 Å². The largest absolute Gasteiger partial charge is 0.486 e. The Bertz CT molecular complexity index is 3220. The van der Waals surface area contributed by atoms with Gasteiger partial charge in [0, 0.05) is 45.8 Å². The first-order chi connectivity index (χ1) is 31.6. The van der Waals surface area contributed by atoms with Crippen molar-refractivity contribution in [1.29, 1.82) is 0 Å². The first kappa shape index (κ1) is 45.7. The molecule has 4 aromatic heterocycles. The minimum absolute atomic E-state index is 0. The Kier molecular flexibility index (Phi) is 13.4. The van der Waals surface area contributed by atoms with Crippen molar-refractivity contribution in [2.75, 3.05) is 0 Å². The summed E-state index contributed by atoms with van der Waals surface area (Å²) in [6.45, 7) is 28.3. The number of nitrogens with zero attached hydrogens (tertiary/aromatic N) is 4. The predicted molar refractivity (Wildman–Crippen MR) is 277 cm³/mol. The standard InChI is InChI=1S/C37H32N3O.C22H32NSi.Ir/c1-22(2)30-20-26(25-12-7-6-8-13-25)21-31(23(3)4)34(30)40-33-17-10-9-16-32(33)39-36(40)29-15-11-14-27-28-19-18-24(5)38-37(28)41-35(27)29;1-16(2)12-18-14-20(23-15-21(18)24(6,7)8)17-10-9-11-19(13-17)22(3,4)5;/h6-14,16-23H,1-5H3;9,11,13-16H,12H2,1-8H3;/q2*-1;/i;12D2;. The summed E-state index contributed by atoms with van der Waals surface area (Å²) >= 11 is 0. The number of furan rings is 1. The van der Waals surface area contributed by atoms with Crippen LogP contribution in [0.2, 0.25) is 19.6 Å². The molecule has 0 N–H and O–H groups in total. The van der Waals surface area contributed by atoms with Crippen molar-refractivity contribution < 1.29 is 27.3 Å². The van der Waals surface area contributed by atoms with Crippen molar-refractivity contribution >= 4 is 46.4 Å². The molecule has 1 radical (unpaired) electrons. The third-order valence-corrected chi connectivity index (χ3v) is 14.1. The molecule has 0 saturated heterocycles. The average molecular weight is 1070 g/mol. The van der Waals surface area contributed by atoms with Crippen LogP contribution >= 0.6 is 0 Å². The van der Waals surface area contributed by atoms with Crippen LogP contribution in [0.15, 0.2) is 126 Å². The first-order valence-electron chi connectivity index (χ1n) is 24.1. The number of benzene rings is 5. The van der Waals surface area contributed by atoms with Gasteiger partial charge in [-0.3, -0.25) is 4.98 Å². The quantitative estimate of drug-likeness (QED) is 0.107. The monoisotopic (exact) mass is 1070 g/mol.